The Bertz CT molecular complexity index is 834. The topological polar surface area (TPSA) is 60.2 Å². The molecule has 3 rings (SSSR count). The normalized spacial score (nSPS) is 14.8. The lowest BCUT2D eigenvalue weighted by Gasteiger charge is -2.24. The van der Waals surface area contributed by atoms with Gasteiger partial charge in [-0.15, -0.1) is 0 Å². The summed E-state index contributed by atoms with van der Waals surface area (Å²) in [5, 5.41) is 9.79. The summed E-state index contributed by atoms with van der Waals surface area (Å²) in [4.78, 5) is 20.7. The van der Waals surface area contributed by atoms with Crippen LogP contribution in [0.4, 0.5) is 5.69 Å². The van der Waals surface area contributed by atoms with E-state index in [1.54, 1.807) is 4.90 Å². The van der Waals surface area contributed by atoms with Gasteiger partial charge < -0.3 is 9.80 Å². The molecule has 1 aliphatic rings. The zero-order valence-electron chi connectivity index (χ0n) is 13.5. The Balaban J connectivity index is 1.74. The predicted molar refractivity (Wildman–Crippen MR) is 98.1 cm³/mol. The van der Waals surface area contributed by atoms with Crippen molar-refractivity contribution >= 4 is 34.8 Å². The van der Waals surface area contributed by atoms with E-state index in [4.69, 9.17) is 28.5 Å². The Morgan fingerprint density at radius 1 is 1.12 bits per heavy atom. The number of aromatic nitrogens is 1. The maximum Gasteiger partial charge on any atom is 0.274 e. The zero-order valence-corrected chi connectivity index (χ0v) is 15.0. The number of anilines is 1. The maximum absolute atomic E-state index is 12.7. The van der Waals surface area contributed by atoms with E-state index in [9.17, 15) is 4.79 Å². The van der Waals surface area contributed by atoms with Crippen LogP contribution in [-0.2, 0) is 0 Å². The molecule has 0 bridgehead atoms. The molecule has 1 amide bonds. The molecule has 1 aromatic carbocycles. The summed E-state index contributed by atoms with van der Waals surface area (Å²) in [5.41, 5.74) is 1.50. The van der Waals surface area contributed by atoms with Crippen molar-refractivity contribution in [2.75, 3.05) is 31.1 Å². The number of hydrogen-bond acceptors (Lipinski definition) is 4. The van der Waals surface area contributed by atoms with E-state index in [0.29, 0.717) is 30.2 Å². The van der Waals surface area contributed by atoms with Gasteiger partial charge in [0.15, 0.2) is 0 Å². The zero-order chi connectivity index (χ0) is 17.8. The molecule has 1 saturated heterocycles. The van der Waals surface area contributed by atoms with Crippen molar-refractivity contribution in [2.45, 2.75) is 6.42 Å². The molecule has 128 valence electrons. The van der Waals surface area contributed by atoms with Gasteiger partial charge in [0, 0.05) is 32.4 Å². The Morgan fingerprint density at radius 3 is 2.64 bits per heavy atom. The molecule has 25 heavy (non-hydrogen) atoms. The van der Waals surface area contributed by atoms with Crippen LogP contribution in [0.5, 0.6) is 0 Å². The number of halogens is 2. The summed E-state index contributed by atoms with van der Waals surface area (Å²) in [6, 6.07) is 11.1. The van der Waals surface area contributed by atoms with Crippen molar-refractivity contribution in [1.29, 1.82) is 5.26 Å². The van der Waals surface area contributed by atoms with Gasteiger partial charge in [0.25, 0.3) is 5.91 Å². The highest BCUT2D eigenvalue weighted by molar-refractivity contribution is 6.33. The second-order valence-corrected chi connectivity index (χ2v) is 6.56. The number of carbonyl (C=O) groups excluding carboxylic acids is 1. The fourth-order valence-electron chi connectivity index (χ4n) is 2.88. The van der Waals surface area contributed by atoms with Crippen LogP contribution in [0.25, 0.3) is 0 Å². The summed E-state index contributed by atoms with van der Waals surface area (Å²) in [7, 11) is 0. The van der Waals surface area contributed by atoms with Gasteiger partial charge in [0.05, 0.1) is 21.3 Å². The van der Waals surface area contributed by atoms with Crippen molar-refractivity contribution in [1.82, 2.24) is 9.88 Å². The van der Waals surface area contributed by atoms with Crippen LogP contribution < -0.4 is 4.90 Å². The minimum atomic E-state index is -0.213. The number of nitriles is 1. The van der Waals surface area contributed by atoms with Gasteiger partial charge in [-0.3, -0.25) is 4.79 Å². The first-order chi connectivity index (χ1) is 12.1. The van der Waals surface area contributed by atoms with Gasteiger partial charge in [-0.25, -0.2) is 4.98 Å². The van der Waals surface area contributed by atoms with Gasteiger partial charge in [-0.05, 0) is 24.6 Å². The number of carbonyl (C=O) groups is 1. The molecule has 1 aliphatic heterocycles. The van der Waals surface area contributed by atoms with Crippen LogP contribution in [0, 0.1) is 11.3 Å². The molecule has 0 atom stereocenters. The highest BCUT2D eigenvalue weighted by Crippen LogP contribution is 2.26. The van der Waals surface area contributed by atoms with Gasteiger partial charge >= 0.3 is 0 Å². The lowest BCUT2D eigenvalue weighted by Crippen LogP contribution is -2.35. The van der Waals surface area contributed by atoms with Crippen molar-refractivity contribution in [2.24, 2.45) is 0 Å². The standard InChI is InChI=1S/C18H16Cl2N4O/c19-14-4-1-2-5-16(14)23-6-3-7-24(9-8-23)18(25)17-15(20)10-13(11-21)12-22-17/h1-2,4-5,10,12H,3,6-9H2. The Hall–Kier alpha value is -2.29. The molecule has 0 radical (unpaired) electrons. The van der Waals surface area contributed by atoms with Crippen LogP contribution in [0.1, 0.15) is 22.5 Å². The highest BCUT2D eigenvalue weighted by Gasteiger charge is 2.24. The number of hydrogen-bond donors (Lipinski definition) is 0. The maximum atomic E-state index is 12.7. The number of para-hydroxylation sites is 1. The SMILES string of the molecule is N#Cc1cnc(C(=O)N2CCCN(c3ccccc3Cl)CC2)c(Cl)c1. The van der Waals surface area contributed by atoms with Crippen LogP contribution in [0.3, 0.4) is 0 Å². The first-order valence-electron chi connectivity index (χ1n) is 7.94. The Morgan fingerprint density at radius 2 is 1.92 bits per heavy atom. The molecule has 0 aliphatic carbocycles. The summed E-state index contributed by atoms with van der Waals surface area (Å²) >= 11 is 12.4. The minimum absolute atomic E-state index is 0.187. The van der Waals surface area contributed by atoms with E-state index in [2.05, 4.69) is 9.88 Å². The smallest absolute Gasteiger partial charge is 0.274 e. The molecule has 2 aromatic rings. The molecular weight excluding hydrogens is 359 g/mol. The number of amides is 1. The Labute approximate surface area is 156 Å². The molecule has 5 nitrogen and oxygen atoms in total. The van der Waals surface area contributed by atoms with Crippen molar-refractivity contribution in [3.8, 4) is 6.07 Å². The second kappa shape index (κ2) is 7.73. The summed E-state index contributed by atoms with van der Waals surface area (Å²) in [6.45, 7) is 2.69. The quantitative estimate of drug-likeness (QED) is 0.805. The third-order valence-electron chi connectivity index (χ3n) is 4.15. The van der Waals surface area contributed by atoms with Crippen LogP contribution in [-0.4, -0.2) is 42.0 Å². The van der Waals surface area contributed by atoms with Crippen molar-refractivity contribution in [3.05, 3.63) is 57.8 Å². The average Bonchev–Trinajstić information content (AvgIpc) is 2.87. The van der Waals surface area contributed by atoms with Gasteiger partial charge in [0.2, 0.25) is 0 Å². The molecule has 1 fully saturated rings. The van der Waals surface area contributed by atoms with Gasteiger partial charge in [0.1, 0.15) is 11.8 Å². The summed E-state index contributed by atoms with van der Waals surface area (Å²) in [5.74, 6) is -0.213. The van der Waals surface area contributed by atoms with E-state index in [1.165, 1.54) is 12.3 Å². The van der Waals surface area contributed by atoms with Crippen LogP contribution in [0.2, 0.25) is 10.0 Å². The van der Waals surface area contributed by atoms with E-state index in [-0.39, 0.29) is 16.6 Å². The first-order valence-corrected chi connectivity index (χ1v) is 8.70. The fraction of sp³-hybridized carbons (Fsp3) is 0.278. The lowest BCUT2D eigenvalue weighted by molar-refractivity contribution is 0.0761. The van der Waals surface area contributed by atoms with Crippen molar-refractivity contribution < 1.29 is 4.79 Å². The molecule has 0 spiro atoms. The number of benzene rings is 1. The molecule has 7 heteroatoms. The predicted octanol–water partition coefficient (Wildman–Crippen LogP) is 3.61. The van der Waals surface area contributed by atoms with E-state index in [0.717, 1.165) is 18.7 Å². The molecule has 0 unspecified atom stereocenters. The van der Waals surface area contributed by atoms with Crippen molar-refractivity contribution in [3.63, 3.8) is 0 Å². The first kappa shape index (κ1) is 17.5. The molecule has 2 heterocycles. The minimum Gasteiger partial charge on any atom is -0.368 e. The van der Waals surface area contributed by atoms with Crippen LogP contribution >= 0.6 is 23.2 Å². The number of rotatable bonds is 2. The van der Waals surface area contributed by atoms with E-state index < -0.39 is 0 Å². The second-order valence-electron chi connectivity index (χ2n) is 5.75. The lowest BCUT2D eigenvalue weighted by atomic mass is 10.2. The summed E-state index contributed by atoms with van der Waals surface area (Å²) < 4.78 is 0. The van der Waals surface area contributed by atoms with Gasteiger partial charge in [-0.1, -0.05) is 35.3 Å². The van der Waals surface area contributed by atoms with Crippen LogP contribution in [0.15, 0.2) is 36.5 Å². The highest BCUT2D eigenvalue weighted by atomic mass is 35.5. The molecule has 0 N–H and O–H groups in total. The molecule has 0 saturated carbocycles. The van der Waals surface area contributed by atoms with Gasteiger partial charge in [-0.2, -0.15) is 5.26 Å². The third kappa shape index (κ3) is 3.87. The number of pyridine rings is 1. The average molecular weight is 375 g/mol. The largest absolute Gasteiger partial charge is 0.368 e. The molecular formula is C18H16Cl2N4O. The van der Waals surface area contributed by atoms with E-state index in [1.807, 2.05) is 30.3 Å². The number of nitrogens with zero attached hydrogens (tertiary/aromatic N) is 4. The summed E-state index contributed by atoms with van der Waals surface area (Å²) in [6.07, 6.45) is 2.19. The monoisotopic (exact) mass is 374 g/mol. The van der Waals surface area contributed by atoms with E-state index >= 15 is 0 Å². The third-order valence-corrected chi connectivity index (χ3v) is 4.76. The Kier molecular flexibility index (Phi) is 5.42. The fourth-order valence-corrected chi connectivity index (χ4v) is 3.38. The molecule has 1 aromatic heterocycles.